The molecule has 0 aliphatic carbocycles. The molecular weight excluding hydrogens is 364 g/mol. The van der Waals surface area contributed by atoms with E-state index in [9.17, 15) is 18.3 Å². The van der Waals surface area contributed by atoms with E-state index in [-0.39, 0.29) is 5.91 Å². The lowest BCUT2D eigenvalue weighted by Crippen LogP contribution is -2.53. The predicted molar refractivity (Wildman–Crippen MR) is 106 cm³/mol. The van der Waals surface area contributed by atoms with Gasteiger partial charge >= 0.3 is 0 Å². The number of hydrogen-bond donors (Lipinski definition) is 2. The van der Waals surface area contributed by atoms with Crippen LogP contribution in [0.25, 0.3) is 0 Å². The van der Waals surface area contributed by atoms with E-state index in [1.54, 1.807) is 4.90 Å². The van der Waals surface area contributed by atoms with Gasteiger partial charge in [0.15, 0.2) is 0 Å². The van der Waals surface area contributed by atoms with Crippen LogP contribution in [0.1, 0.15) is 30.9 Å². The number of amides is 1. The summed E-state index contributed by atoms with van der Waals surface area (Å²) in [4.78, 5) is 14.1. The van der Waals surface area contributed by atoms with Gasteiger partial charge < -0.3 is 15.7 Å². The van der Waals surface area contributed by atoms with E-state index in [1.165, 1.54) is 5.56 Å². The third-order valence-electron chi connectivity index (χ3n) is 4.85. The van der Waals surface area contributed by atoms with Crippen LogP contribution in [0.3, 0.4) is 0 Å². The van der Waals surface area contributed by atoms with Crippen molar-refractivity contribution in [2.24, 2.45) is 11.7 Å². The van der Waals surface area contributed by atoms with Gasteiger partial charge in [-0.05, 0) is 49.8 Å². The van der Waals surface area contributed by atoms with Crippen LogP contribution in [-0.2, 0) is 21.1 Å². The van der Waals surface area contributed by atoms with Crippen LogP contribution in [0.5, 0.6) is 0 Å². The van der Waals surface area contributed by atoms with Crippen molar-refractivity contribution in [3.8, 4) is 11.8 Å². The second kappa shape index (κ2) is 9.36. The first-order valence-electron chi connectivity index (χ1n) is 9.11. The van der Waals surface area contributed by atoms with Crippen LogP contribution in [0.2, 0.25) is 0 Å². The molecule has 148 valence electrons. The van der Waals surface area contributed by atoms with Crippen molar-refractivity contribution < 1.29 is 18.3 Å². The molecule has 0 spiro atoms. The molecule has 1 fully saturated rings. The molecule has 2 atom stereocenters. The van der Waals surface area contributed by atoms with E-state index < -0.39 is 27.7 Å². The number of carbonyl (C=O) groups excluding carboxylic acids is 1. The Balaban J connectivity index is 1.85. The molecule has 1 amide bonds. The van der Waals surface area contributed by atoms with Gasteiger partial charge in [-0.1, -0.05) is 18.1 Å². The summed E-state index contributed by atoms with van der Waals surface area (Å²) in [5.41, 5.74) is 8.03. The van der Waals surface area contributed by atoms with Crippen LogP contribution >= 0.6 is 0 Å². The molecule has 1 aromatic carbocycles. The van der Waals surface area contributed by atoms with Gasteiger partial charge in [0.1, 0.15) is 15.9 Å². The topological polar surface area (TPSA) is 101 Å². The van der Waals surface area contributed by atoms with Crippen LogP contribution in [0.4, 0.5) is 0 Å². The number of carbonyl (C=O) groups is 1. The van der Waals surface area contributed by atoms with Crippen LogP contribution in [0.15, 0.2) is 24.3 Å². The van der Waals surface area contributed by atoms with E-state index in [0.29, 0.717) is 19.0 Å². The number of hydrogen-bond acceptors (Lipinski definition) is 5. The first-order valence-corrected chi connectivity index (χ1v) is 11.2. The number of nitrogens with zero attached hydrogens (tertiary/aromatic N) is 1. The summed E-state index contributed by atoms with van der Waals surface area (Å²) in [5.74, 6) is 5.50. The average molecular weight is 393 g/mol. The van der Waals surface area contributed by atoms with Gasteiger partial charge in [0, 0.05) is 24.9 Å². The maximum atomic E-state index is 12.4. The normalized spacial score (nSPS) is 17.7. The Hall–Kier alpha value is -1.88. The molecular formula is C20H28N2O4S. The van der Waals surface area contributed by atoms with E-state index >= 15 is 0 Å². The maximum absolute atomic E-state index is 12.4. The fourth-order valence-electron chi connectivity index (χ4n) is 3.35. The van der Waals surface area contributed by atoms with Gasteiger partial charge in [-0.3, -0.25) is 4.79 Å². The number of likely N-dealkylation sites (tertiary alicyclic amines) is 1. The Morgan fingerprint density at radius 2 is 1.89 bits per heavy atom. The smallest absolute Gasteiger partial charge is 0.242 e. The molecule has 0 aromatic heterocycles. The summed E-state index contributed by atoms with van der Waals surface area (Å²) in [6.45, 7) is 2.96. The molecule has 1 aliphatic heterocycles. The Kier molecular flexibility index (Phi) is 7.42. The highest BCUT2D eigenvalue weighted by Crippen LogP contribution is 2.22. The highest BCUT2D eigenvalue weighted by atomic mass is 32.2. The number of sulfone groups is 1. The fourth-order valence-corrected chi connectivity index (χ4v) is 4.18. The summed E-state index contributed by atoms with van der Waals surface area (Å²) in [5, 5.41) is 9.90. The molecule has 1 heterocycles. The molecule has 1 aliphatic rings. The Morgan fingerprint density at radius 3 is 2.41 bits per heavy atom. The van der Waals surface area contributed by atoms with E-state index in [2.05, 4.69) is 24.0 Å². The minimum atomic E-state index is -3.39. The van der Waals surface area contributed by atoms with Crippen LogP contribution < -0.4 is 5.73 Å². The Labute approximate surface area is 161 Å². The number of nitrogens with two attached hydrogens (primary N) is 1. The largest absolute Gasteiger partial charge is 0.390 e. The molecule has 3 N–H and O–H groups in total. The first-order chi connectivity index (χ1) is 12.7. The Morgan fingerprint density at radius 1 is 1.30 bits per heavy atom. The van der Waals surface area contributed by atoms with Gasteiger partial charge in [-0.2, -0.15) is 0 Å². The highest BCUT2D eigenvalue weighted by Gasteiger charge is 2.31. The lowest BCUT2D eigenvalue weighted by Gasteiger charge is -2.34. The molecule has 6 nitrogen and oxygen atoms in total. The SMILES string of the molecule is CC#Cc1ccc(CC2CCN(C(=O)C(N)C(O)CS(C)(=O)=O)CC2)cc1. The minimum Gasteiger partial charge on any atom is -0.390 e. The fraction of sp³-hybridized carbons (Fsp3) is 0.550. The van der Waals surface area contributed by atoms with Crippen molar-refractivity contribution in [3.63, 3.8) is 0 Å². The molecule has 1 aromatic rings. The molecule has 2 rings (SSSR count). The van der Waals surface area contributed by atoms with Crippen molar-refractivity contribution >= 4 is 15.7 Å². The highest BCUT2D eigenvalue weighted by molar-refractivity contribution is 7.90. The number of piperidine rings is 1. The quantitative estimate of drug-likeness (QED) is 0.690. The van der Waals surface area contributed by atoms with E-state index in [4.69, 9.17) is 5.73 Å². The van der Waals surface area contributed by atoms with Gasteiger partial charge in [0.05, 0.1) is 11.9 Å². The zero-order valence-corrected chi connectivity index (χ0v) is 16.7. The molecule has 0 saturated carbocycles. The van der Waals surface area contributed by atoms with Crippen molar-refractivity contribution in [3.05, 3.63) is 35.4 Å². The van der Waals surface area contributed by atoms with Gasteiger partial charge in [-0.15, -0.1) is 5.92 Å². The summed E-state index contributed by atoms with van der Waals surface area (Å²) in [7, 11) is -3.39. The van der Waals surface area contributed by atoms with Crippen molar-refractivity contribution in [2.45, 2.75) is 38.3 Å². The second-order valence-corrected chi connectivity index (χ2v) is 9.42. The number of benzene rings is 1. The molecule has 27 heavy (non-hydrogen) atoms. The third-order valence-corrected chi connectivity index (χ3v) is 5.79. The van der Waals surface area contributed by atoms with Crippen molar-refractivity contribution in [1.82, 2.24) is 4.90 Å². The van der Waals surface area contributed by atoms with E-state index in [1.807, 2.05) is 19.1 Å². The van der Waals surface area contributed by atoms with Crippen LogP contribution in [-0.4, -0.2) is 61.6 Å². The second-order valence-electron chi connectivity index (χ2n) is 7.23. The molecule has 1 saturated heterocycles. The number of rotatable bonds is 6. The van der Waals surface area contributed by atoms with E-state index in [0.717, 1.165) is 31.1 Å². The van der Waals surface area contributed by atoms with Gasteiger partial charge in [0.25, 0.3) is 0 Å². The zero-order chi connectivity index (χ0) is 20.0. The third kappa shape index (κ3) is 6.65. The lowest BCUT2D eigenvalue weighted by molar-refractivity contribution is -0.136. The minimum absolute atomic E-state index is 0.382. The lowest BCUT2D eigenvalue weighted by atomic mass is 9.89. The first kappa shape index (κ1) is 21.4. The summed E-state index contributed by atoms with van der Waals surface area (Å²) < 4.78 is 22.5. The number of aliphatic hydroxyl groups excluding tert-OH is 1. The number of aliphatic hydroxyl groups is 1. The van der Waals surface area contributed by atoms with Gasteiger partial charge in [0.2, 0.25) is 5.91 Å². The molecule has 0 radical (unpaired) electrons. The average Bonchev–Trinajstić information content (AvgIpc) is 2.61. The van der Waals surface area contributed by atoms with Crippen molar-refractivity contribution in [1.29, 1.82) is 0 Å². The van der Waals surface area contributed by atoms with Gasteiger partial charge in [-0.25, -0.2) is 8.42 Å². The summed E-state index contributed by atoms with van der Waals surface area (Å²) in [6.07, 6.45) is 2.30. The Bertz CT molecular complexity index is 801. The maximum Gasteiger partial charge on any atom is 0.242 e. The monoisotopic (exact) mass is 392 g/mol. The van der Waals surface area contributed by atoms with Crippen LogP contribution in [0, 0.1) is 17.8 Å². The predicted octanol–water partition coefficient (Wildman–Crippen LogP) is 0.572. The molecule has 0 bridgehead atoms. The standard InChI is InChI=1S/C20H28N2O4S/c1-3-4-15-5-7-16(8-6-15)13-17-9-11-22(12-10-17)20(24)19(21)18(23)14-27(2,25)26/h5-8,17-19,23H,9-14,21H2,1-2H3. The zero-order valence-electron chi connectivity index (χ0n) is 15.9. The summed E-state index contributed by atoms with van der Waals surface area (Å²) >= 11 is 0. The molecule has 2 unspecified atom stereocenters. The molecule has 7 heteroatoms. The summed E-state index contributed by atoms with van der Waals surface area (Å²) in [6, 6.07) is 7.02. The van der Waals surface area contributed by atoms with Crippen molar-refractivity contribution in [2.75, 3.05) is 25.1 Å².